The molecule has 0 spiro atoms. The molecule has 6 rings (SSSR count). The fourth-order valence-corrected chi connectivity index (χ4v) is 7.07. The summed E-state index contributed by atoms with van der Waals surface area (Å²) in [5.74, 6) is -1.37. The summed E-state index contributed by atoms with van der Waals surface area (Å²) in [4.78, 5) is 42.6. The Labute approximate surface area is 279 Å². The summed E-state index contributed by atoms with van der Waals surface area (Å²) >= 11 is 0. The Morgan fingerprint density at radius 1 is 1.00 bits per heavy atom. The molecule has 3 aromatic carbocycles. The molecule has 9 nitrogen and oxygen atoms in total. The van der Waals surface area contributed by atoms with Crippen molar-refractivity contribution in [2.75, 3.05) is 20.3 Å². The van der Waals surface area contributed by atoms with Gasteiger partial charge in [0.25, 0.3) is 0 Å². The largest absolute Gasteiger partial charge is 0.481 e. The molecule has 1 saturated heterocycles. The van der Waals surface area contributed by atoms with Gasteiger partial charge >= 0.3 is 11.9 Å². The number of methoxy groups -OCH3 is 1. The topological polar surface area (TPSA) is 120 Å². The molecule has 1 unspecified atom stereocenters. The van der Waals surface area contributed by atoms with E-state index < -0.39 is 11.9 Å². The average Bonchev–Trinajstić information content (AvgIpc) is 3.40. The fraction of sp³-hybridized carbons (Fsp3) is 0.333. The molecular weight excluding hydrogens is 606 g/mol. The molecule has 9 heteroatoms. The first-order valence-electron chi connectivity index (χ1n) is 16.5. The van der Waals surface area contributed by atoms with Gasteiger partial charge in [-0.1, -0.05) is 60.7 Å². The number of benzene rings is 3. The Morgan fingerprint density at radius 2 is 1.73 bits per heavy atom. The molecule has 248 valence electrons. The van der Waals surface area contributed by atoms with Crippen LogP contribution < -0.4 is 5.32 Å². The van der Waals surface area contributed by atoms with Gasteiger partial charge in [0.05, 0.1) is 24.1 Å². The molecule has 3 heterocycles. The molecule has 1 amide bonds. The number of aliphatic carboxylic acids is 1. The number of fused-ring (bicyclic) bond motifs is 3. The van der Waals surface area contributed by atoms with Crippen molar-refractivity contribution in [1.82, 2.24) is 14.9 Å². The van der Waals surface area contributed by atoms with Crippen LogP contribution in [-0.2, 0) is 38.6 Å². The third kappa shape index (κ3) is 6.82. The van der Waals surface area contributed by atoms with E-state index in [0.717, 1.165) is 68.3 Å². The molecule has 0 saturated carbocycles. The van der Waals surface area contributed by atoms with Gasteiger partial charge in [-0.25, -0.2) is 9.78 Å². The van der Waals surface area contributed by atoms with Crippen LogP contribution in [0.2, 0.25) is 0 Å². The number of aromatic nitrogens is 2. The van der Waals surface area contributed by atoms with Crippen molar-refractivity contribution < 1.29 is 29.0 Å². The number of pyridine rings is 1. The number of hydrogen-bond donors (Lipinski definition) is 2. The number of nitrogens with one attached hydrogen (secondary N) is 1. The number of carbonyl (C=O) groups is 3. The van der Waals surface area contributed by atoms with E-state index in [1.807, 2.05) is 56.3 Å². The van der Waals surface area contributed by atoms with Crippen LogP contribution in [-0.4, -0.2) is 52.8 Å². The number of nitrogens with zero attached hydrogens (tertiary/aromatic N) is 2. The van der Waals surface area contributed by atoms with Gasteiger partial charge in [-0.05, 0) is 79.0 Å². The Kier molecular flexibility index (Phi) is 9.87. The lowest BCUT2D eigenvalue weighted by atomic mass is 9.80. The van der Waals surface area contributed by atoms with Gasteiger partial charge < -0.3 is 24.5 Å². The van der Waals surface area contributed by atoms with Gasteiger partial charge in [0.1, 0.15) is 5.65 Å². The lowest BCUT2D eigenvalue weighted by Gasteiger charge is -2.30. The molecule has 1 fully saturated rings. The first-order chi connectivity index (χ1) is 23.2. The summed E-state index contributed by atoms with van der Waals surface area (Å²) in [6.07, 6.45) is 2.06. The maximum atomic E-state index is 13.7. The normalized spacial score (nSPS) is 14.2. The third-order valence-electron chi connectivity index (χ3n) is 9.59. The van der Waals surface area contributed by atoms with Crippen LogP contribution in [0, 0.1) is 19.8 Å². The number of amides is 1. The number of rotatable bonds is 11. The molecule has 2 N–H and O–H groups in total. The molecule has 5 aromatic rings. The predicted octanol–water partition coefficient (Wildman–Crippen LogP) is 6.49. The Bertz CT molecular complexity index is 1960. The van der Waals surface area contributed by atoms with E-state index >= 15 is 0 Å². The summed E-state index contributed by atoms with van der Waals surface area (Å²) in [7, 11) is 1.36. The number of esters is 1. The summed E-state index contributed by atoms with van der Waals surface area (Å²) in [5.41, 5.74) is 7.79. The van der Waals surface area contributed by atoms with Gasteiger partial charge in [-0.2, -0.15) is 0 Å². The van der Waals surface area contributed by atoms with E-state index in [-0.39, 0.29) is 24.2 Å². The first kappa shape index (κ1) is 32.9. The van der Waals surface area contributed by atoms with Gasteiger partial charge in [0.2, 0.25) is 5.91 Å². The van der Waals surface area contributed by atoms with Crippen LogP contribution in [0.1, 0.15) is 69.0 Å². The van der Waals surface area contributed by atoms with Crippen LogP contribution in [0.5, 0.6) is 0 Å². The lowest BCUT2D eigenvalue weighted by Crippen LogP contribution is -2.35. The number of ether oxygens (including phenoxy) is 2. The highest BCUT2D eigenvalue weighted by molar-refractivity contribution is 6.10. The number of carboxylic acids is 1. The van der Waals surface area contributed by atoms with Crippen LogP contribution in [0.3, 0.4) is 0 Å². The first-order valence-corrected chi connectivity index (χ1v) is 16.5. The molecule has 0 aliphatic carbocycles. The number of carbonyl (C=O) groups excluding carboxylic acids is 2. The third-order valence-corrected chi connectivity index (χ3v) is 9.59. The zero-order chi connectivity index (χ0) is 33.8. The molecular formula is C39H41N3O6. The molecule has 1 aliphatic heterocycles. The second-order valence-corrected chi connectivity index (χ2v) is 12.6. The zero-order valence-electron chi connectivity index (χ0n) is 27.6. The highest BCUT2D eigenvalue weighted by atomic mass is 16.5. The van der Waals surface area contributed by atoms with Crippen molar-refractivity contribution in [3.8, 4) is 0 Å². The van der Waals surface area contributed by atoms with Gasteiger partial charge in [-0.3, -0.25) is 9.59 Å². The highest BCUT2D eigenvalue weighted by Crippen LogP contribution is 2.36. The average molecular weight is 648 g/mol. The van der Waals surface area contributed by atoms with Gasteiger partial charge in [-0.15, -0.1) is 0 Å². The Morgan fingerprint density at radius 3 is 2.42 bits per heavy atom. The van der Waals surface area contributed by atoms with Crippen LogP contribution in [0.4, 0.5) is 0 Å². The SMILES string of the molecule is COC(=O)c1ccc2c3c(C)c(CCC(=O)O)c(C)nc3n(Cc3ccc(C(C(=O)NCc4ccccc4)C4CCOCC4)cc3)c2c1. The van der Waals surface area contributed by atoms with Crippen molar-refractivity contribution in [1.29, 1.82) is 0 Å². The molecule has 0 radical (unpaired) electrons. The van der Waals surface area contributed by atoms with Crippen LogP contribution >= 0.6 is 0 Å². The van der Waals surface area contributed by atoms with Crippen molar-refractivity contribution in [2.45, 2.75) is 58.5 Å². The second kappa shape index (κ2) is 14.4. The van der Waals surface area contributed by atoms with E-state index in [1.165, 1.54) is 7.11 Å². The predicted molar refractivity (Wildman–Crippen MR) is 184 cm³/mol. The van der Waals surface area contributed by atoms with Crippen LogP contribution in [0.25, 0.3) is 21.9 Å². The van der Waals surface area contributed by atoms with E-state index in [4.69, 9.17) is 14.5 Å². The summed E-state index contributed by atoms with van der Waals surface area (Å²) in [6, 6.07) is 23.7. The molecule has 1 atom stereocenters. The standard InChI is InChI=1S/C39H41N3O6/c1-24-31(15-16-34(43)44)25(2)41-37-35(24)32-14-13-30(39(46)47-3)21-33(32)42(37)23-27-9-11-28(12-10-27)36(29-17-19-48-20-18-29)38(45)40-22-26-7-5-4-6-8-26/h4-14,21,29,36H,15-20,22-23H2,1-3H3,(H,40,45)(H,43,44). The van der Waals surface area contributed by atoms with Gasteiger partial charge in [0, 0.05) is 49.2 Å². The molecule has 0 bridgehead atoms. The van der Waals surface area contributed by atoms with Gasteiger partial charge in [0.15, 0.2) is 0 Å². The monoisotopic (exact) mass is 647 g/mol. The van der Waals surface area contributed by atoms with E-state index in [2.05, 4.69) is 34.1 Å². The minimum atomic E-state index is -0.852. The minimum Gasteiger partial charge on any atom is -0.481 e. The smallest absolute Gasteiger partial charge is 0.337 e. The quantitative estimate of drug-likeness (QED) is 0.157. The number of carboxylic acid groups (broad SMARTS) is 1. The van der Waals surface area contributed by atoms with E-state index in [1.54, 1.807) is 6.07 Å². The van der Waals surface area contributed by atoms with Crippen molar-refractivity contribution in [3.63, 3.8) is 0 Å². The molecule has 48 heavy (non-hydrogen) atoms. The zero-order valence-corrected chi connectivity index (χ0v) is 27.6. The molecule has 2 aromatic heterocycles. The summed E-state index contributed by atoms with van der Waals surface area (Å²) < 4.78 is 12.8. The highest BCUT2D eigenvalue weighted by Gasteiger charge is 2.31. The Balaban J connectivity index is 1.36. The van der Waals surface area contributed by atoms with Crippen molar-refractivity contribution in [2.24, 2.45) is 5.92 Å². The fourth-order valence-electron chi connectivity index (χ4n) is 7.07. The maximum absolute atomic E-state index is 13.7. The van der Waals surface area contributed by atoms with E-state index in [0.29, 0.717) is 38.3 Å². The van der Waals surface area contributed by atoms with Crippen LogP contribution in [0.15, 0.2) is 72.8 Å². The minimum absolute atomic E-state index is 0.0186. The van der Waals surface area contributed by atoms with Crippen molar-refractivity contribution in [3.05, 3.63) is 112 Å². The Hall–Kier alpha value is -5.02. The summed E-state index contributed by atoms with van der Waals surface area (Å²) in [6.45, 7) is 6.18. The molecule has 1 aliphatic rings. The lowest BCUT2D eigenvalue weighted by molar-refractivity contribution is -0.137. The van der Waals surface area contributed by atoms with Crippen molar-refractivity contribution >= 4 is 39.8 Å². The maximum Gasteiger partial charge on any atom is 0.337 e. The second-order valence-electron chi connectivity index (χ2n) is 12.6. The summed E-state index contributed by atoms with van der Waals surface area (Å²) in [5, 5.41) is 14.4. The number of hydrogen-bond acceptors (Lipinski definition) is 6. The van der Waals surface area contributed by atoms with E-state index in [9.17, 15) is 19.5 Å². The number of aryl methyl sites for hydroxylation is 2.